The summed E-state index contributed by atoms with van der Waals surface area (Å²) in [6, 6.07) is 13.9. The summed E-state index contributed by atoms with van der Waals surface area (Å²) in [5, 5.41) is 3.53. The number of halogens is 1. The number of carbonyl (C=O) groups is 1. The fourth-order valence-corrected chi connectivity index (χ4v) is 2.82. The van der Waals surface area contributed by atoms with Gasteiger partial charge >= 0.3 is 0 Å². The maximum atomic E-state index is 11.9. The molecule has 2 aromatic carbocycles. The zero-order chi connectivity index (χ0) is 15.2. The molecular formula is C17H18ClNOS. The lowest BCUT2D eigenvalue weighted by Crippen LogP contribution is -2.15. The first kappa shape index (κ1) is 15.9. The van der Waals surface area contributed by atoms with Gasteiger partial charge in [0.25, 0.3) is 0 Å². The van der Waals surface area contributed by atoms with Crippen molar-refractivity contribution >= 4 is 35.0 Å². The Kier molecular flexibility index (Phi) is 5.71. The van der Waals surface area contributed by atoms with Gasteiger partial charge in [-0.1, -0.05) is 47.5 Å². The second-order valence-corrected chi connectivity index (χ2v) is 6.41. The first-order chi connectivity index (χ1) is 10.0. The van der Waals surface area contributed by atoms with Gasteiger partial charge in [0, 0.05) is 16.5 Å². The predicted octanol–water partition coefficient (Wildman–Crippen LogP) is 4.83. The highest BCUT2D eigenvalue weighted by Crippen LogP contribution is 2.20. The summed E-state index contributed by atoms with van der Waals surface area (Å²) >= 11 is 7.55. The monoisotopic (exact) mass is 319 g/mol. The molecule has 2 rings (SSSR count). The third-order valence-corrected chi connectivity index (χ3v) is 4.34. The van der Waals surface area contributed by atoms with Gasteiger partial charge in [-0.3, -0.25) is 4.79 Å². The molecule has 0 aliphatic rings. The lowest BCUT2D eigenvalue weighted by Gasteiger charge is -2.08. The lowest BCUT2D eigenvalue weighted by molar-refractivity contribution is -0.113. The van der Waals surface area contributed by atoms with Crippen LogP contribution in [-0.2, 0) is 10.5 Å². The highest BCUT2D eigenvalue weighted by molar-refractivity contribution is 7.99. The van der Waals surface area contributed by atoms with Crippen molar-refractivity contribution in [1.29, 1.82) is 0 Å². The summed E-state index contributed by atoms with van der Waals surface area (Å²) in [6.45, 7) is 4.02. The number of hydrogen-bond acceptors (Lipinski definition) is 2. The molecule has 1 amide bonds. The minimum absolute atomic E-state index is 0.00233. The van der Waals surface area contributed by atoms with Gasteiger partial charge < -0.3 is 5.32 Å². The van der Waals surface area contributed by atoms with Crippen molar-refractivity contribution in [2.24, 2.45) is 0 Å². The van der Waals surface area contributed by atoms with Gasteiger partial charge in [-0.2, -0.15) is 0 Å². The van der Waals surface area contributed by atoms with E-state index in [1.807, 2.05) is 19.1 Å². The molecule has 0 unspecified atom stereocenters. The van der Waals surface area contributed by atoms with Crippen LogP contribution in [-0.4, -0.2) is 11.7 Å². The number of carbonyl (C=O) groups excluding carboxylic acids is 1. The molecule has 0 saturated carbocycles. The van der Waals surface area contributed by atoms with Crippen LogP contribution >= 0.6 is 23.4 Å². The molecule has 0 aromatic heterocycles. The van der Waals surface area contributed by atoms with Crippen LogP contribution in [0.2, 0.25) is 5.02 Å². The molecule has 4 heteroatoms. The van der Waals surface area contributed by atoms with E-state index in [1.54, 1.807) is 17.8 Å². The van der Waals surface area contributed by atoms with E-state index in [0.29, 0.717) is 10.8 Å². The minimum Gasteiger partial charge on any atom is -0.325 e. The molecule has 0 radical (unpaired) electrons. The number of benzene rings is 2. The molecule has 0 bridgehead atoms. The van der Waals surface area contributed by atoms with Gasteiger partial charge in [-0.15, -0.1) is 11.8 Å². The maximum absolute atomic E-state index is 11.9. The van der Waals surface area contributed by atoms with Gasteiger partial charge in [-0.05, 0) is 37.1 Å². The number of rotatable bonds is 5. The van der Waals surface area contributed by atoms with E-state index in [0.717, 1.165) is 17.0 Å². The molecule has 0 heterocycles. The molecule has 0 aliphatic carbocycles. The van der Waals surface area contributed by atoms with Gasteiger partial charge in [-0.25, -0.2) is 0 Å². The van der Waals surface area contributed by atoms with Crippen molar-refractivity contribution in [2.45, 2.75) is 19.6 Å². The van der Waals surface area contributed by atoms with Gasteiger partial charge in [0.15, 0.2) is 0 Å². The maximum Gasteiger partial charge on any atom is 0.234 e. The van der Waals surface area contributed by atoms with E-state index in [-0.39, 0.29) is 5.91 Å². The number of aryl methyl sites for hydroxylation is 2. The summed E-state index contributed by atoms with van der Waals surface area (Å²) in [7, 11) is 0. The Hall–Kier alpha value is -1.45. The number of nitrogens with one attached hydrogen (secondary N) is 1. The molecule has 0 spiro atoms. The predicted molar refractivity (Wildman–Crippen MR) is 92.2 cm³/mol. The fraction of sp³-hybridized carbons (Fsp3) is 0.235. The highest BCUT2D eigenvalue weighted by Gasteiger charge is 2.06. The van der Waals surface area contributed by atoms with Gasteiger partial charge in [0.2, 0.25) is 5.91 Å². The molecule has 1 N–H and O–H groups in total. The van der Waals surface area contributed by atoms with Crippen molar-refractivity contribution in [3.8, 4) is 0 Å². The molecular weight excluding hydrogens is 302 g/mol. The molecule has 0 aliphatic heterocycles. The third kappa shape index (κ3) is 5.10. The summed E-state index contributed by atoms with van der Waals surface area (Å²) < 4.78 is 0. The number of thioether (sulfide) groups is 1. The minimum atomic E-state index is -0.00233. The average Bonchev–Trinajstić information content (AvgIpc) is 2.45. The zero-order valence-corrected chi connectivity index (χ0v) is 13.7. The number of anilines is 1. The van der Waals surface area contributed by atoms with Crippen LogP contribution < -0.4 is 5.32 Å². The quantitative estimate of drug-likeness (QED) is 0.855. The van der Waals surface area contributed by atoms with Gasteiger partial charge in [0.05, 0.1) is 5.75 Å². The summed E-state index contributed by atoms with van der Waals surface area (Å²) in [4.78, 5) is 11.9. The van der Waals surface area contributed by atoms with Crippen molar-refractivity contribution in [2.75, 3.05) is 11.1 Å². The van der Waals surface area contributed by atoms with Crippen LogP contribution in [0.1, 0.15) is 16.7 Å². The van der Waals surface area contributed by atoms with E-state index in [2.05, 4.69) is 36.5 Å². The van der Waals surface area contributed by atoms with Gasteiger partial charge in [0.1, 0.15) is 0 Å². The standard InChI is InChI=1S/C17H18ClNOS/c1-12-3-6-14(7-4-12)10-21-11-17(20)19-16-9-15(18)8-5-13(16)2/h3-9H,10-11H2,1-2H3,(H,19,20). The van der Waals surface area contributed by atoms with Crippen molar-refractivity contribution in [1.82, 2.24) is 0 Å². The largest absolute Gasteiger partial charge is 0.325 e. The second-order valence-electron chi connectivity index (χ2n) is 4.99. The van der Waals surface area contributed by atoms with Crippen molar-refractivity contribution in [3.63, 3.8) is 0 Å². The van der Waals surface area contributed by atoms with E-state index in [4.69, 9.17) is 11.6 Å². The van der Waals surface area contributed by atoms with Crippen LogP contribution in [0.5, 0.6) is 0 Å². The average molecular weight is 320 g/mol. The van der Waals surface area contributed by atoms with E-state index in [1.165, 1.54) is 11.1 Å². The second kappa shape index (κ2) is 7.53. The zero-order valence-electron chi connectivity index (χ0n) is 12.2. The Morgan fingerprint density at radius 3 is 2.57 bits per heavy atom. The fourth-order valence-electron chi connectivity index (χ4n) is 1.86. The first-order valence-corrected chi connectivity index (χ1v) is 8.27. The van der Waals surface area contributed by atoms with E-state index < -0.39 is 0 Å². The molecule has 21 heavy (non-hydrogen) atoms. The van der Waals surface area contributed by atoms with Crippen molar-refractivity contribution in [3.05, 3.63) is 64.2 Å². The molecule has 0 fully saturated rings. The van der Waals surface area contributed by atoms with Crippen LogP contribution in [0.25, 0.3) is 0 Å². The molecule has 2 aromatic rings. The van der Waals surface area contributed by atoms with Crippen LogP contribution in [0.4, 0.5) is 5.69 Å². The topological polar surface area (TPSA) is 29.1 Å². The Morgan fingerprint density at radius 1 is 1.14 bits per heavy atom. The molecule has 0 saturated heterocycles. The Labute approximate surface area is 134 Å². The smallest absolute Gasteiger partial charge is 0.234 e. The normalized spacial score (nSPS) is 10.4. The summed E-state index contributed by atoms with van der Waals surface area (Å²) in [6.07, 6.45) is 0. The molecule has 0 atom stereocenters. The van der Waals surface area contributed by atoms with E-state index >= 15 is 0 Å². The van der Waals surface area contributed by atoms with E-state index in [9.17, 15) is 4.79 Å². The first-order valence-electron chi connectivity index (χ1n) is 6.74. The molecule has 2 nitrogen and oxygen atoms in total. The lowest BCUT2D eigenvalue weighted by atomic mass is 10.2. The Balaban J connectivity index is 1.82. The van der Waals surface area contributed by atoms with Crippen LogP contribution in [0.3, 0.4) is 0 Å². The Bertz CT molecular complexity index is 625. The van der Waals surface area contributed by atoms with Crippen LogP contribution in [0, 0.1) is 13.8 Å². The summed E-state index contributed by atoms with van der Waals surface area (Å²) in [5.74, 6) is 1.26. The third-order valence-electron chi connectivity index (χ3n) is 3.10. The molecule has 110 valence electrons. The number of amides is 1. The highest BCUT2D eigenvalue weighted by atomic mass is 35.5. The van der Waals surface area contributed by atoms with Crippen LogP contribution in [0.15, 0.2) is 42.5 Å². The number of hydrogen-bond donors (Lipinski definition) is 1. The van der Waals surface area contributed by atoms with Crippen molar-refractivity contribution < 1.29 is 4.79 Å². The Morgan fingerprint density at radius 2 is 1.86 bits per heavy atom. The summed E-state index contributed by atoms with van der Waals surface area (Å²) in [5.41, 5.74) is 4.27. The SMILES string of the molecule is Cc1ccc(CSCC(=O)Nc2cc(Cl)ccc2C)cc1.